The molecule has 2 rings (SSSR count). The van der Waals surface area contributed by atoms with E-state index in [0.717, 1.165) is 4.47 Å². The number of benzene rings is 1. The fourth-order valence-corrected chi connectivity index (χ4v) is 3.54. The first-order valence-electron chi connectivity index (χ1n) is 5.90. The Morgan fingerprint density at radius 3 is 2.53 bits per heavy atom. The maximum atomic E-state index is 12.2. The standard InChI is InChI=1S/C12H15BrN2O3S/c1-15-8-10(4-7-12(15)16)14-19(17,18)11-5-2-9(13)3-6-11/h2-3,5-6,10,14H,4,7-8H2,1H3. The van der Waals surface area contributed by atoms with Crippen LogP contribution in [0.15, 0.2) is 33.6 Å². The van der Waals surface area contributed by atoms with E-state index in [0.29, 0.717) is 19.4 Å². The number of likely N-dealkylation sites (tertiary alicyclic amines) is 1. The van der Waals surface area contributed by atoms with Crippen LogP contribution >= 0.6 is 15.9 Å². The van der Waals surface area contributed by atoms with Crippen molar-refractivity contribution in [1.29, 1.82) is 0 Å². The smallest absolute Gasteiger partial charge is 0.240 e. The second kappa shape index (κ2) is 5.60. The Bertz CT molecular complexity index is 571. The van der Waals surface area contributed by atoms with Crippen LogP contribution in [-0.4, -0.2) is 38.9 Å². The highest BCUT2D eigenvalue weighted by molar-refractivity contribution is 9.10. The van der Waals surface area contributed by atoms with Crippen molar-refractivity contribution in [2.24, 2.45) is 0 Å². The number of nitrogens with one attached hydrogen (secondary N) is 1. The molecule has 1 aliphatic heterocycles. The summed E-state index contributed by atoms with van der Waals surface area (Å²) in [6.45, 7) is 0.411. The lowest BCUT2D eigenvalue weighted by atomic mass is 10.1. The van der Waals surface area contributed by atoms with Crippen molar-refractivity contribution < 1.29 is 13.2 Å². The van der Waals surface area contributed by atoms with Crippen LogP contribution in [0.1, 0.15) is 12.8 Å². The van der Waals surface area contributed by atoms with Crippen LogP contribution < -0.4 is 4.72 Å². The quantitative estimate of drug-likeness (QED) is 0.898. The first-order valence-corrected chi connectivity index (χ1v) is 8.18. The second-order valence-corrected chi connectivity index (χ2v) is 7.21. The molecular formula is C12H15BrN2O3S. The normalized spacial score (nSPS) is 20.6. The average Bonchev–Trinajstić information content (AvgIpc) is 2.34. The molecule has 0 radical (unpaired) electrons. The molecule has 1 fully saturated rings. The third kappa shape index (κ3) is 3.55. The van der Waals surface area contributed by atoms with E-state index in [1.165, 1.54) is 0 Å². The first kappa shape index (κ1) is 14.5. The lowest BCUT2D eigenvalue weighted by Crippen LogP contribution is -2.48. The highest BCUT2D eigenvalue weighted by Crippen LogP contribution is 2.17. The molecule has 0 aromatic heterocycles. The van der Waals surface area contributed by atoms with Gasteiger partial charge in [0.2, 0.25) is 15.9 Å². The van der Waals surface area contributed by atoms with E-state index >= 15 is 0 Å². The minimum absolute atomic E-state index is 0.0547. The molecule has 0 aliphatic carbocycles. The monoisotopic (exact) mass is 346 g/mol. The zero-order valence-electron chi connectivity index (χ0n) is 10.5. The average molecular weight is 347 g/mol. The maximum Gasteiger partial charge on any atom is 0.240 e. The summed E-state index contributed by atoms with van der Waals surface area (Å²) in [6, 6.07) is 6.24. The summed E-state index contributed by atoms with van der Waals surface area (Å²) in [5.74, 6) is 0.0547. The molecule has 7 heteroatoms. The third-order valence-corrected chi connectivity index (χ3v) is 5.14. The summed E-state index contributed by atoms with van der Waals surface area (Å²) < 4.78 is 27.8. The van der Waals surface area contributed by atoms with Gasteiger partial charge in [-0.25, -0.2) is 13.1 Å². The van der Waals surface area contributed by atoms with Crippen LogP contribution in [0.3, 0.4) is 0 Å². The van der Waals surface area contributed by atoms with Crippen molar-refractivity contribution in [3.8, 4) is 0 Å². The van der Waals surface area contributed by atoms with Crippen LogP contribution in [0, 0.1) is 0 Å². The van der Waals surface area contributed by atoms with Crippen LogP contribution in [0.25, 0.3) is 0 Å². The zero-order chi connectivity index (χ0) is 14.0. The van der Waals surface area contributed by atoms with Crippen LogP contribution in [0.5, 0.6) is 0 Å². The summed E-state index contributed by atoms with van der Waals surface area (Å²) in [5, 5.41) is 0. The molecule has 1 aromatic rings. The summed E-state index contributed by atoms with van der Waals surface area (Å²) in [6.07, 6.45) is 0.920. The highest BCUT2D eigenvalue weighted by atomic mass is 79.9. The van der Waals surface area contributed by atoms with E-state index in [2.05, 4.69) is 20.7 Å². The van der Waals surface area contributed by atoms with Crippen molar-refractivity contribution in [3.63, 3.8) is 0 Å². The van der Waals surface area contributed by atoms with Gasteiger partial charge >= 0.3 is 0 Å². The van der Waals surface area contributed by atoms with Gasteiger partial charge in [0.25, 0.3) is 0 Å². The Morgan fingerprint density at radius 2 is 1.95 bits per heavy atom. The molecule has 1 heterocycles. The van der Waals surface area contributed by atoms with Crippen LogP contribution in [-0.2, 0) is 14.8 Å². The summed E-state index contributed by atoms with van der Waals surface area (Å²) in [7, 11) is -1.84. The lowest BCUT2D eigenvalue weighted by molar-refractivity contribution is -0.132. The molecule has 0 bridgehead atoms. The van der Waals surface area contributed by atoms with E-state index in [1.54, 1.807) is 36.2 Å². The summed E-state index contributed by atoms with van der Waals surface area (Å²) >= 11 is 3.27. The highest BCUT2D eigenvalue weighted by Gasteiger charge is 2.27. The molecule has 1 saturated heterocycles. The van der Waals surface area contributed by atoms with E-state index < -0.39 is 10.0 Å². The molecule has 1 N–H and O–H groups in total. The number of piperidine rings is 1. The van der Waals surface area contributed by atoms with Gasteiger partial charge in [-0.15, -0.1) is 0 Å². The number of carbonyl (C=O) groups excluding carboxylic acids is 1. The predicted molar refractivity (Wildman–Crippen MR) is 75.1 cm³/mol. The van der Waals surface area contributed by atoms with Crippen molar-refractivity contribution in [2.75, 3.05) is 13.6 Å². The number of sulfonamides is 1. The van der Waals surface area contributed by atoms with Gasteiger partial charge in [-0.3, -0.25) is 4.79 Å². The van der Waals surface area contributed by atoms with Gasteiger partial charge < -0.3 is 4.90 Å². The Kier molecular flexibility index (Phi) is 4.27. The molecule has 1 unspecified atom stereocenters. The fourth-order valence-electron chi connectivity index (χ4n) is 2.01. The number of hydrogen-bond donors (Lipinski definition) is 1. The van der Waals surface area contributed by atoms with Gasteiger partial charge in [-0.1, -0.05) is 15.9 Å². The fraction of sp³-hybridized carbons (Fsp3) is 0.417. The van der Waals surface area contributed by atoms with Gasteiger partial charge in [0, 0.05) is 30.5 Å². The molecular weight excluding hydrogens is 332 g/mol. The van der Waals surface area contributed by atoms with Gasteiger partial charge in [0.15, 0.2) is 0 Å². The molecule has 1 atom stereocenters. The number of carbonyl (C=O) groups is 1. The number of rotatable bonds is 3. The predicted octanol–water partition coefficient (Wildman–Crippen LogP) is 1.35. The minimum Gasteiger partial charge on any atom is -0.344 e. The maximum absolute atomic E-state index is 12.2. The number of nitrogens with zero attached hydrogens (tertiary/aromatic N) is 1. The lowest BCUT2D eigenvalue weighted by Gasteiger charge is -2.29. The Labute approximate surface area is 121 Å². The Balaban J connectivity index is 2.09. The molecule has 1 aliphatic rings. The van der Waals surface area contributed by atoms with Gasteiger partial charge in [0.05, 0.1) is 4.90 Å². The molecule has 0 saturated carbocycles. The van der Waals surface area contributed by atoms with E-state index in [9.17, 15) is 13.2 Å². The Morgan fingerprint density at radius 1 is 1.32 bits per heavy atom. The van der Waals surface area contributed by atoms with Gasteiger partial charge in [-0.05, 0) is 30.7 Å². The SMILES string of the molecule is CN1CC(NS(=O)(=O)c2ccc(Br)cc2)CCC1=O. The second-order valence-electron chi connectivity index (χ2n) is 4.59. The van der Waals surface area contributed by atoms with Crippen molar-refractivity contribution >= 4 is 31.9 Å². The largest absolute Gasteiger partial charge is 0.344 e. The van der Waals surface area contributed by atoms with Crippen molar-refractivity contribution in [2.45, 2.75) is 23.8 Å². The molecule has 5 nitrogen and oxygen atoms in total. The number of hydrogen-bond acceptors (Lipinski definition) is 3. The number of likely N-dealkylation sites (N-methyl/N-ethyl adjacent to an activating group) is 1. The Hall–Kier alpha value is -0.920. The molecule has 19 heavy (non-hydrogen) atoms. The zero-order valence-corrected chi connectivity index (χ0v) is 12.9. The van der Waals surface area contributed by atoms with Gasteiger partial charge in [-0.2, -0.15) is 0 Å². The molecule has 1 amide bonds. The first-order chi connectivity index (χ1) is 8.88. The molecule has 104 valence electrons. The summed E-state index contributed by atoms with van der Waals surface area (Å²) in [4.78, 5) is 13.1. The van der Waals surface area contributed by atoms with E-state index in [4.69, 9.17) is 0 Å². The molecule has 1 aromatic carbocycles. The van der Waals surface area contributed by atoms with Crippen molar-refractivity contribution in [3.05, 3.63) is 28.7 Å². The molecule has 0 spiro atoms. The third-order valence-electron chi connectivity index (χ3n) is 3.07. The van der Waals surface area contributed by atoms with Crippen LogP contribution in [0.2, 0.25) is 0 Å². The van der Waals surface area contributed by atoms with Crippen LogP contribution in [0.4, 0.5) is 0 Å². The van der Waals surface area contributed by atoms with Crippen molar-refractivity contribution in [1.82, 2.24) is 9.62 Å². The number of halogens is 1. The van der Waals surface area contributed by atoms with E-state index in [-0.39, 0.29) is 16.8 Å². The summed E-state index contributed by atoms with van der Waals surface area (Å²) in [5.41, 5.74) is 0. The minimum atomic E-state index is -3.53. The van der Waals surface area contributed by atoms with E-state index in [1.807, 2.05) is 0 Å². The topological polar surface area (TPSA) is 66.5 Å². The number of amides is 1. The van der Waals surface area contributed by atoms with Gasteiger partial charge in [0.1, 0.15) is 0 Å².